The van der Waals surface area contributed by atoms with Crippen LogP contribution in [0.25, 0.3) is 0 Å². The number of amidine groups is 1. The van der Waals surface area contributed by atoms with Gasteiger partial charge in [0.15, 0.2) is 5.84 Å². The summed E-state index contributed by atoms with van der Waals surface area (Å²) in [6, 6.07) is 15.3. The molecular weight excluding hydrogens is 558 g/mol. The van der Waals surface area contributed by atoms with Crippen LogP contribution in [-0.4, -0.2) is 24.8 Å². The van der Waals surface area contributed by atoms with Crippen molar-refractivity contribution in [3.63, 3.8) is 0 Å². The zero-order valence-corrected chi connectivity index (χ0v) is 26.6. The molecule has 1 aliphatic rings. The number of nitrogens with zero attached hydrogens (tertiary/aromatic N) is 1. The second kappa shape index (κ2) is 17.3. The van der Waals surface area contributed by atoms with Crippen LogP contribution in [0, 0.1) is 20.5 Å². The van der Waals surface area contributed by atoms with E-state index in [4.69, 9.17) is 39.9 Å². The third-order valence-electron chi connectivity index (χ3n) is 5.54. The molecule has 1 saturated heterocycles. The number of aryl methyl sites for hydroxylation is 2. The monoisotopic (exact) mass is 597 g/mol. The molecule has 0 saturated carbocycles. The second-order valence-corrected chi connectivity index (χ2v) is 18.5. The van der Waals surface area contributed by atoms with Crippen LogP contribution >= 0.6 is 38.2 Å². The fourth-order valence-corrected chi connectivity index (χ4v) is 4.79. The maximum absolute atomic E-state index is 5.09. The summed E-state index contributed by atoms with van der Waals surface area (Å²) >= 11 is -1.62. The Morgan fingerprint density at radius 3 is 1.94 bits per heavy atom. The van der Waals surface area contributed by atoms with E-state index in [1.165, 1.54) is 41.0 Å². The van der Waals surface area contributed by atoms with Gasteiger partial charge in [-0.1, -0.05) is 69.7 Å². The maximum atomic E-state index is 5.09. The first-order valence-corrected chi connectivity index (χ1v) is 19.2. The zero-order valence-electron chi connectivity index (χ0n) is 22.1. The molecule has 0 amide bonds. The van der Waals surface area contributed by atoms with Crippen molar-refractivity contribution in [1.82, 2.24) is 5.09 Å². The molecule has 3 nitrogen and oxygen atoms in total. The number of ether oxygens (including phenoxy) is 1. The topological polar surface area (TPSA) is 33.6 Å². The van der Waals surface area contributed by atoms with Gasteiger partial charge in [0.25, 0.3) is 0 Å². The van der Waals surface area contributed by atoms with Crippen LogP contribution in [0.5, 0.6) is 0 Å². The number of rotatable bonds is 5. The fraction of sp³-hybridized carbons (Fsp3) is 0.481. The van der Waals surface area contributed by atoms with Gasteiger partial charge in [0, 0.05) is 12.2 Å². The number of para-hydroxylation sites is 1. The van der Waals surface area contributed by atoms with Gasteiger partial charge in [-0.2, -0.15) is 6.42 Å². The molecule has 1 aliphatic heterocycles. The third-order valence-corrected chi connectivity index (χ3v) is 7.84. The first kappa shape index (κ1) is 32.7. The van der Waals surface area contributed by atoms with Crippen molar-refractivity contribution < 1.29 is 16.1 Å². The van der Waals surface area contributed by atoms with Crippen molar-refractivity contribution in [3.8, 4) is 0 Å². The van der Waals surface area contributed by atoms with Crippen molar-refractivity contribution in [3.05, 3.63) is 71.3 Å². The van der Waals surface area contributed by atoms with E-state index in [0.29, 0.717) is 0 Å². The Kier molecular flexibility index (Phi) is 16.1. The normalized spacial score (nSPS) is 13.8. The zero-order chi connectivity index (χ0) is 26.4. The second-order valence-electron chi connectivity index (χ2n) is 9.32. The van der Waals surface area contributed by atoms with Gasteiger partial charge in [-0.3, -0.25) is 0 Å². The van der Waals surface area contributed by atoms with Gasteiger partial charge in [0.1, 0.15) is 0 Å². The number of hydrogen-bond acceptors (Lipinski definition) is 2. The van der Waals surface area contributed by atoms with Crippen molar-refractivity contribution in [2.24, 2.45) is 4.99 Å². The van der Waals surface area contributed by atoms with E-state index >= 15 is 0 Å². The summed E-state index contributed by atoms with van der Waals surface area (Å²) in [5.41, 5.74) is 6.21. The van der Waals surface area contributed by atoms with Crippen LogP contribution in [0.1, 0.15) is 69.7 Å². The molecule has 0 atom stereocenters. The van der Waals surface area contributed by atoms with Crippen LogP contribution in [0.15, 0.2) is 47.5 Å². The van der Waals surface area contributed by atoms with Crippen molar-refractivity contribution >= 4 is 49.7 Å². The molecule has 2 aromatic rings. The molecule has 196 valence electrons. The Balaban J connectivity index is 0.000000571. The Bertz CT molecular complexity index is 864. The summed E-state index contributed by atoms with van der Waals surface area (Å²) in [5, 5.41) is 3.78. The van der Waals surface area contributed by atoms with Gasteiger partial charge in [0.2, 0.25) is 0 Å². The van der Waals surface area contributed by atoms with Gasteiger partial charge in [-0.25, -0.2) is 16.7 Å². The summed E-state index contributed by atoms with van der Waals surface area (Å²) in [6.07, 6.45) is 4.75. The third kappa shape index (κ3) is 13.2. The predicted octanol–water partition coefficient (Wildman–Crippen LogP) is 9.46. The van der Waals surface area contributed by atoms with Crippen LogP contribution in [0.2, 0.25) is 0 Å². The van der Waals surface area contributed by atoms with E-state index in [1.807, 2.05) is 6.61 Å². The molecule has 8 heteroatoms. The molecule has 0 spiro atoms. The van der Waals surface area contributed by atoms with Crippen LogP contribution in [-0.2, 0) is 21.5 Å². The molecule has 0 aliphatic carbocycles. The summed E-state index contributed by atoms with van der Waals surface area (Å²) in [6.45, 7) is 18.4. The van der Waals surface area contributed by atoms with Crippen molar-refractivity contribution in [2.45, 2.75) is 66.7 Å². The van der Waals surface area contributed by atoms with E-state index in [9.17, 15) is 0 Å². The van der Waals surface area contributed by atoms with Crippen LogP contribution in [0.3, 0.4) is 0 Å². The van der Waals surface area contributed by atoms with Crippen LogP contribution < -0.4 is 5.09 Å². The Hall–Kier alpha value is -0.298. The van der Waals surface area contributed by atoms with E-state index in [1.54, 1.807) is 0 Å². The molecule has 2 aromatic carbocycles. The quantitative estimate of drug-likeness (QED) is 0.161. The number of hydrogen-bond donors (Lipinski definition) is 1. The first-order valence-electron chi connectivity index (χ1n) is 12.0. The predicted molar refractivity (Wildman–Crippen MR) is 157 cm³/mol. The standard InChI is InChI=1S/C23H33N2P.C4H7O.3ClH.Cr/c1-8-26(9-2)25-22(24-21-17(3)11-10-12-18(21)4)19-13-15-20(16-14-19)23(5,6)7;1-2-4-5-3-1;;;;/h10-16H,8-9H2,1-7H3,(H,24,25);3H,1-2,4H2;3*1H;/q;-1;;;;+4/p-2. The van der Waals surface area contributed by atoms with Gasteiger partial charge in [0.05, 0.1) is 26.1 Å². The van der Waals surface area contributed by atoms with Gasteiger partial charge >= 0.3 is 41.5 Å². The number of nitrogens with one attached hydrogen (secondary N) is 1. The molecule has 1 fully saturated rings. The molecule has 0 radical (unpaired) electrons. The van der Waals surface area contributed by atoms with E-state index in [2.05, 4.69) is 96.0 Å². The minimum atomic E-state index is -1.62. The van der Waals surface area contributed by atoms with Gasteiger partial charge in [-0.05, 0) is 49.8 Å². The van der Waals surface area contributed by atoms with E-state index in [-0.39, 0.29) is 5.41 Å². The van der Waals surface area contributed by atoms with Gasteiger partial charge in [-0.15, -0.1) is 0 Å². The first-order chi connectivity index (χ1) is 16.5. The number of benzene rings is 2. The Morgan fingerprint density at radius 2 is 1.57 bits per heavy atom. The average Bonchev–Trinajstić information content (AvgIpc) is 3.38. The van der Waals surface area contributed by atoms with Crippen molar-refractivity contribution in [1.29, 1.82) is 0 Å². The fourth-order valence-electron chi connectivity index (χ4n) is 3.40. The minimum absolute atomic E-state index is 0.164. The molecule has 1 N–H and O–H groups in total. The molecule has 0 bridgehead atoms. The summed E-state index contributed by atoms with van der Waals surface area (Å²) in [5.74, 6) is 1.01. The Morgan fingerprint density at radius 1 is 1.03 bits per heavy atom. The molecular formula is C27H41Cl3CrN2OP+. The molecule has 3 rings (SSSR count). The van der Waals surface area contributed by atoms with E-state index in [0.717, 1.165) is 24.6 Å². The van der Waals surface area contributed by atoms with Crippen LogP contribution in [0.4, 0.5) is 5.69 Å². The van der Waals surface area contributed by atoms with E-state index < -0.39 is 19.5 Å². The molecule has 1 heterocycles. The number of halogens is 3. The Labute approximate surface area is 231 Å². The SMILES string of the molecule is CC[PH+](CC)NC(=Nc1c(C)cccc1C)c1ccc(C(C)(C)C)cc1.[CH-]1CCCO1.[Cl][Cr+]([Cl])[Cl]. The molecule has 0 unspecified atom stereocenters. The average molecular weight is 599 g/mol. The van der Waals surface area contributed by atoms with Crippen molar-refractivity contribution in [2.75, 3.05) is 18.9 Å². The van der Waals surface area contributed by atoms with Gasteiger partial charge < -0.3 is 4.74 Å². The number of aliphatic imine (C=N–C) groups is 1. The summed E-state index contributed by atoms with van der Waals surface area (Å²) in [4.78, 5) is 5.09. The summed E-state index contributed by atoms with van der Waals surface area (Å²) < 4.78 is 4.82. The molecule has 0 aromatic heterocycles. The summed E-state index contributed by atoms with van der Waals surface area (Å²) in [7, 11) is 14.2. The molecule has 35 heavy (non-hydrogen) atoms.